The van der Waals surface area contributed by atoms with Crippen molar-refractivity contribution in [3.63, 3.8) is 0 Å². The molecule has 186 valence electrons. The molecule has 5 aliphatic rings. The van der Waals surface area contributed by atoms with Crippen LogP contribution in [-0.4, -0.2) is 32.9 Å². The number of hydrogen-bond acceptors (Lipinski definition) is 3. The highest BCUT2D eigenvalue weighted by Crippen LogP contribution is 2.60. The molecule has 0 radical (unpaired) electrons. The molecule has 1 aliphatic heterocycles. The van der Waals surface area contributed by atoms with Crippen molar-refractivity contribution >= 4 is 35.2 Å². The van der Waals surface area contributed by atoms with E-state index in [0.29, 0.717) is 5.41 Å². The SMILES string of the molecule is C=CCN1C(=O)C(=Cc2cc(C)n(-c3ccc(C45CC6CC(CC(C6)C4)C5)cc3)c2C)C(=O)NC1=S. The van der Waals surface area contributed by atoms with E-state index in [9.17, 15) is 9.59 Å². The molecule has 1 N–H and O–H groups in total. The zero-order chi connectivity index (χ0) is 25.2. The molecule has 5 nitrogen and oxygen atoms in total. The van der Waals surface area contributed by atoms with Crippen molar-refractivity contribution in [2.75, 3.05) is 6.54 Å². The number of nitrogens with zero attached hydrogens (tertiary/aromatic N) is 2. The normalized spacial score (nSPS) is 30.3. The van der Waals surface area contributed by atoms with Gasteiger partial charge in [-0.25, -0.2) is 0 Å². The average Bonchev–Trinajstić information content (AvgIpc) is 3.11. The summed E-state index contributed by atoms with van der Waals surface area (Å²) in [7, 11) is 0. The second-order valence-corrected chi connectivity index (χ2v) is 11.8. The zero-order valence-electron chi connectivity index (χ0n) is 21.0. The summed E-state index contributed by atoms with van der Waals surface area (Å²) in [5.41, 5.74) is 5.99. The smallest absolute Gasteiger partial charge is 0.265 e. The Bertz CT molecular complexity index is 1280. The first kappa shape index (κ1) is 23.4. The third kappa shape index (κ3) is 3.69. The molecule has 4 aliphatic carbocycles. The van der Waals surface area contributed by atoms with Crippen LogP contribution in [0, 0.1) is 31.6 Å². The second kappa shape index (κ2) is 8.55. The number of amides is 2. The minimum absolute atomic E-state index is 0.0860. The van der Waals surface area contributed by atoms with Gasteiger partial charge >= 0.3 is 0 Å². The number of carbonyl (C=O) groups is 2. The lowest BCUT2D eigenvalue weighted by molar-refractivity contribution is -0.128. The fraction of sp³-hybridized carbons (Fsp3) is 0.433. The lowest BCUT2D eigenvalue weighted by atomic mass is 9.48. The molecule has 1 aromatic carbocycles. The van der Waals surface area contributed by atoms with Crippen LogP contribution in [-0.2, 0) is 15.0 Å². The highest BCUT2D eigenvalue weighted by Gasteiger charge is 2.51. The number of aryl methyl sites for hydroxylation is 1. The van der Waals surface area contributed by atoms with Gasteiger partial charge in [0, 0.05) is 23.6 Å². The first-order valence-corrected chi connectivity index (χ1v) is 13.5. The molecule has 2 heterocycles. The molecule has 2 amide bonds. The Labute approximate surface area is 218 Å². The monoisotopic (exact) mass is 499 g/mol. The van der Waals surface area contributed by atoms with E-state index >= 15 is 0 Å². The molecule has 36 heavy (non-hydrogen) atoms. The predicted octanol–water partition coefficient (Wildman–Crippen LogP) is 5.37. The van der Waals surface area contributed by atoms with Crippen molar-refractivity contribution in [1.29, 1.82) is 0 Å². The molecule has 1 aromatic heterocycles. The largest absolute Gasteiger partial charge is 0.318 e. The van der Waals surface area contributed by atoms with Crippen LogP contribution >= 0.6 is 12.2 Å². The van der Waals surface area contributed by atoms with E-state index < -0.39 is 11.8 Å². The first-order valence-electron chi connectivity index (χ1n) is 13.1. The van der Waals surface area contributed by atoms with Crippen LogP contribution in [0.15, 0.2) is 48.6 Å². The zero-order valence-corrected chi connectivity index (χ0v) is 21.9. The van der Waals surface area contributed by atoms with Crippen LogP contribution in [0.3, 0.4) is 0 Å². The van der Waals surface area contributed by atoms with E-state index in [2.05, 4.69) is 47.7 Å². The summed E-state index contributed by atoms with van der Waals surface area (Å²) in [5.74, 6) is 1.93. The maximum atomic E-state index is 13.0. The van der Waals surface area contributed by atoms with Gasteiger partial charge in [0.05, 0.1) is 0 Å². The molecule has 0 spiro atoms. The number of nitrogens with one attached hydrogen (secondary N) is 1. The standard InChI is InChI=1S/C30H33N3O2S/c1-4-9-32-28(35)26(27(34)31-29(32)36)14-23-10-18(2)33(19(23)3)25-7-5-24(6-8-25)30-15-20-11-21(16-30)13-22(12-20)17-30/h4-8,10,14,20-22H,1,9,11-13,15-17H2,2-3H3,(H,31,34,36). The summed E-state index contributed by atoms with van der Waals surface area (Å²) < 4.78 is 2.20. The highest BCUT2D eigenvalue weighted by molar-refractivity contribution is 7.80. The Hall–Kier alpha value is -2.99. The van der Waals surface area contributed by atoms with Crippen molar-refractivity contribution in [2.45, 2.75) is 57.8 Å². The first-order chi connectivity index (χ1) is 17.3. The van der Waals surface area contributed by atoms with E-state index in [1.165, 1.54) is 49.0 Å². The topological polar surface area (TPSA) is 54.3 Å². The molecule has 7 rings (SSSR count). The lowest BCUT2D eigenvalue weighted by Crippen LogP contribution is -2.53. The molecule has 0 unspecified atom stereocenters. The third-order valence-corrected chi connectivity index (χ3v) is 9.37. The van der Waals surface area contributed by atoms with E-state index in [0.717, 1.165) is 40.4 Å². The van der Waals surface area contributed by atoms with Crippen LogP contribution in [0.1, 0.15) is 61.0 Å². The van der Waals surface area contributed by atoms with Gasteiger partial charge in [-0.3, -0.25) is 19.8 Å². The molecule has 5 fully saturated rings. The number of carbonyl (C=O) groups excluding carboxylic acids is 2. The van der Waals surface area contributed by atoms with E-state index in [4.69, 9.17) is 12.2 Å². The Kier molecular flexibility index (Phi) is 5.56. The Balaban J connectivity index is 1.30. The Morgan fingerprint density at radius 2 is 1.67 bits per heavy atom. The number of benzene rings is 1. The van der Waals surface area contributed by atoms with Gasteiger partial charge in [-0.05, 0) is 123 Å². The Morgan fingerprint density at radius 3 is 2.25 bits per heavy atom. The van der Waals surface area contributed by atoms with Crippen molar-refractivity contribution in [3.05, 3.63) is 71.1 Å². The minimum Gasteiger partial charge on any atom is -0.318 e. The van der Waals surface area contributed by atoms with Gasteiger partial charge in [-0.2, -0.15) is 0 Å². The molecule has 4 saturated carbocycles. The van der Waals surface area contributed by atoms with Gasteiger partial charge in [0.2, 0.25) is 0 Å². The molecular formula is C30H33N3O2S. The Morgan fingerprint density at radius 1 is 1.06 bits per heavy atom. The maximum Gasteiger partial charge on any atom is 0.265 e. The van der Waals surface area contributed by atoms with E-state index in [1.807, 2.05) is 13.0 Å². The van der Waals surface area contributed by atoms with Crippen molar-refractivity contribution in [1.82, 2.24) is 14.8 Å². The fourth-order valence-corrected chi connectivity index (χ4v) is 8.15. The van der Waals surface area contributed by atoms with Crippen LogP contribution in [0.5, 0.6) is 0 Å². The maximum absolute atomic E-state index is 13.0. The van der Waals surface area contributed by atoms with Gasteiger partial charge in [-0.15, -0.1) is 6.58 Å². The predicted molar refractivity (Wildman–Crippen MR) is 146 cm³/mol. The summed E-state index contributed by atoms with van der Waals surface area (Å²) in [6.45, 7) is 8.03. The van der Waals surface area contributed by atoms with Crippen LogP contribution in [0.2, 0.25) is 0 Å². The van der Waals surface area contributed by atoms with Crippen molar-refractivity contribution < 1.29 is 9.59 Å². The number of aromatic nitrogens is 1. The molecule has 0 atom stereocenters. The number of hydrogen-bond donors (Lipinski definition) is 1. The van der Waals surface area contributed by atoms with Crippen LogP contribution in [0.4, 0.5) is 0 Å². The number of rotatable bonds is 5. The minimum atomic E-state index is -0.463. The third-order valence-electron chi connectivity index (χ3n) is 9.04. The van der Waals surface area contributed by atoms with E-state index in [1.54, 1.807) is 12.2 Å². The summed E-state index contributed by atoms with van der Waals surface area (Å²) in [5, 5.41) is 2.74. The van der Waals surface area contributed by atoms with Crippen molar-refractivity contribution in [2.24, 2.45) is 17.8 Å². The van der Waals surface area contributed by atoms with Crippen molar-refractivity contribution in [3.8, 4) is 5.69 Å². The van der Waals surface area contributed by atoms with Gasteiger partial charge in [0.15, 0.2) is 5.11 Å². The summed E-state index contributed by atoms with van der Waals surface area (Å²) in [6, 6.07) is 11.2. The average molecular weight is 500 g/mol. The molecular weight excluding hydrogens is 466 g/mol. The lowest BCUT2D eigenvalue weighted by Gasteiger charge is -2.57. The summed E-state index contributed by atoms with van der Waals surface area (Å²) in [4.78, 5) is 26.9. The van der Waals surface area contributed by atoms with Gasteiger partial charge in [0.1, 0.15) is 5.57 Å². The number of thiocarbonyl (C=S) groups is 1. The van der Waals surface area contributed by atoms with E-state index in [-0.39, 0.29) is 17.2 Å². The highest BCUT2D eigenvalue weighted by atomic mass is 32.1. The molecule has 1 saturated heterocycles. The fourth-order valence-electron chi connectivity index (χ4n) is 7.90. The van der Waals surface area contributed by atoms with Gasteiger partial charge < -0.3 is 4.57 Å². The summed E-state index contributed by atoms with van der Waals surface area (Å²) >= 11 is 5.17. The molecule has 4 bridgehead atoms. The van der Waals surface area contributed by atoms with Gasteiger partial charge in [0.25, 0.3) is 11.8 Å². The molecule has 6 heteroatoms. The van der Waals surface area contributed by atoms with Crippen LogP contribution < -0.4 is 5.32 Å². The quantitative estimate of drug-likeness (QED) is 0.260. The summed E-state index contributed by atoms with van der Waals surface area (Å²) in [6.07, 6.45) is 11.7. The molecule has 2 aromatic rings. The van der Waals surface area contributed by atoms with Gasteiger partial charge in [-0.1, -0.05) is 18.2 Å². The second-order valence-electron chi connectivity index (χ2n) is 11.4. The van der Waals surface area contributed by atoms with Crippen LogP contribution in [0.25, 0.3) is 11.8 Å².